The first-order chi connectivity index (χ1) is 20.8. The van der Waals surface area contributed by atoms with Gasteiger partial charge in [0.25, 0.3) is 0 Å². The van der Waals surface area contributed by atoms with E-state index in [-0.39, 0.29) is 48.8 Å². The molecular weight excluding hydrogens is 562 g/mol. The van der Waals surface area contributed by atoms with Crippen LogP contribution in [0.5, 0.6) is 0 Å². The molecule has 2 aliphatic rings. The molecule has 1 saturated heterocycles. The van der Waals surface area contributed by atoms with Crippen LogP contribution in [0.2, 0.25) is 0 Å². The first kappa shape index (κ1) is 34.7. The summed E-state index contributed by atoms with van der Waals surface area (Å²) in [6, 6.07) is 9.01. The molecule has 1 aliphatic heterocycles. The number of rotatable bonds is 13. The molecule has 0 radical (unpaired) electrons. The molecule has 1 fully saturated rings. The van der Waals surface area contributed by atoms with Gasteiger partial charge in [0.05, 0.1) is 24.4 Å². The van der Waals surface area contributed by atoms with Gasteiger partial charge in [-0.1, -0.05) is 64.1 Å². The summed E-state index contributed by atoms with van der Waals surface area (Å²) in [5.41, 5.74) is 1.47. The third-order valence-corrected chi connectivity index (χ3v) is 7.61. The van der Waals surface area contributed by atoms with Crippen LogP contribution in [0.25, 0.3) is 0 Å². The molecule has 0 bridgehead atoms. The maximum Gasteiger partial charge on any atom is 0.313 e. The van der Waals surface area contributed by atoms with Crippen LogP contribution in [0.4, 0.5) is 0 Å². The van der Waals surface area contributed by atoms with Crippen LogP contribution in [0.1, 0.15) is 66.4 Å². The summed E-state index contributed by atoms with van der Waals surface area (Å²) in [5, 5.41) is 17.3. The van der Waals surface area contributed by atoms with Crippen LogP contribution in [-0.4, -0.2) is 71.1 Å². The average molecular weight is 610 g/mol. The number of likely N-dealkylation sites (tertiary alicyclic amines) is 1. The largest absolute Gasteiger partial charge is 0.434 e. The third-order valence-electron chi connectivity index (χ3n) is 7.61. The topological polar surface area (TPSA) is 134 Å². The smallest absolute Gasteiger partial charge is 0.313 e. The second-order valence-electron chi connectivity index (χ2n) is 12.7. The predicted octanol–water partition coefficient (Wildman–Crippen LogP) is 3.56. The lowest BCUT2D eigenvalue weighted by Gasteiger charge is -2.31. The number of hydrogen-bond donors (Lipinski definition) is 3. The molecule has 1 aliphatic carbocycles. The molecule has 0 spiro atoms. The lowest BCUT2D eigenvalue weighted by Crippen LogP contribution is -2.54. The van der Waals surface area contributed by atoms with Gasteiger partial charge in [0.1, 0.15) is 18.1 Å². The fourth-order valence-corrected chi connectivity index (χ4v) is 4.78. The third kappa shape index (κ3) is 10.2. The molecule has 3 rings (SSSR count). The number of carbonyl (C=O) groups is 4. The molecule has 1 aromatic rings. The first-order valence-corrected chi connectivity index (χ1v) is 15.3. The highest BCUT2D eigenvalue weighted by atomic mass is 16.5. The van der Waals surface area contributed by atoms with Gasteiger partial charge in [-0.3, -0.25) is 19.2 Å². The molecule has 0 saturated carbocycles. The number of aliphatic hydroxyl groups excluding tert-OH is 1. The molecule has 2 amide bonds. The fraction of sp³-hybridized carbons (Fsp3) is 0.529. The number of aliphatic hydroxyl groups is 1. The van der Waals surface area contributed by atoms with Crippen molar-refractivity contribution in [3.63, 3.8) is 0 Å². The van der Waals surface area contributed by atoms with Gasteiger partial charge in [-0.15, -0.1) is 0 Å². The number of nitrogens with zero attached hydrogens (tertiary/aromatic N) is 1. The number of amides is 2. The highest BCUT2D eigenvalue weighted by Crippen LogP contribution is 2.28. The SMILES string of the molecule is CC(C)C(=O)O/C=C1/CC(C(O)CNC(C)(C)CNC(=O)C2CCCN2C(=O)Cc2ccccc2)=CC=C1OC(=O)C(C)C. The normalized spacial score (nSPS) is 18.6. The number of nitrogens with one attached hydrogen (secondary N) is 2. The molecule has 2 unspecified atom stereocenters. The molecule has 1 heterocycles. The van der Waals surface area contributed by atoms with Gasteiger partial charge < -0.3 is 30.1 Å². The summed E-state index contributed by atoms with van der Waals surface area (Å²) in [4.78, 5) is 52.0. The molecule has 44 heavy (non-hydrogen) atoms. The van der Waals surface area contributed by atoms with E-state index in [1.807, 2.05) is 44.2 Å². The zero-order chi connectivity index (χ0) is 32.4. The van der Waals surface area contributed by atoms with E-state index in [2.05, 4.69) is 10.6 Å². The average Bonchev–Trinajstić information content (AvgIpc) is 3.49. The van der Waals surface area contributed by atoms with Gasteiger partial charge in [0.15, 0.2) is 0 Å². The van der Waals surface area contributed by atoms with E-state index in [0.29, 0.717) is 30.7 Å². The van der Waals surface area contributed by atoms with Crippen LogP contribution < -0.4 is 10.6 Å². The highest BCUT2D eigenvalue weighted by molar-refractivity contribution is 5.89. The Hall–Kier alpha value is -3.76. The van der Waals surface area contributed by atoms with Crippen LogP contribution in [0.15, 0.2) is 65.7 Å². The molecule has 0 aromatic heterocycles. The van der Waals surface area contributed by atoms with Gasteiger partial charge in [-0.05, 0) is 43.9 Å². The van der Waals surface area contributed by atoms with Crippen LogP contribution in [0, 0.1) is 11.8 Å². The Labute approximate surface area is 260 Å². The van der Waals surface area contributed by atoms with Crippen molar-refractivity contribution >= 4 is 23.8 Å². The lowest BCUT2D eigenvalue weighted by atomic mass is 9.94. The number of hydrogen-bond acceptors (Lipinski definition) is 8. The summed E-state index contributed by atoms with van der Waals surface area (Å²) in [6.07, 6.45) is 5.57. The Bertz CT molecular complexity index is 1280. The molecular formula is C34H47N3O7. The predicted molar refractivity (Wildman–Crippen MR) is 167 cm³/mol. The highest BCUT2D eigenvalue weighted by Gasteiger charge is 2.34. The number of allylic oxidation sites excluding steroid dienone is 3. The van der Waals surface area contributed by atoms with Crippen molar-refractivity contribution in [2.24, 2.45) is 11.8 Å². The summed E-state index contributed by atoms with van der Waals surface area (Å²) in [6.45, 7) is 11.8. The second kappa shape index (κ2) is 15.8. The minimum Gasteiger partial charge on any atom is -0.434 e. The van der Waals surface area contributed by atoms with Gasteiger partial charge in [0, 0.05) is 37.2 Å². The summed E-state index contributed by atoms with van der Waals surface area (Å²) in [5.74, 6) is -1.48. The van der Waals surface area contributed by atoms with Crippen molar-refractivity contribution < 1.29 is 33.8 Å². The van der Waals surface area contributed by atoms with E-state index in [9.17, 15) is 24.3 Å². The zero-order valence-electron chi connectivity index (χ0n) is 26.7. The summed E-state index contributed by atoms with van der Waals surface area (Å²) in [7, 11) is 0. The van der Waals surface area contributed by atoms with E-state index in [1.54, 1.807) is 44.7 Å². The van der Waals surface area contributed by atoms with Crippen molar-refractivity contribution in [3.05, 3.63) is 71.2 Å². The fourth-order valence-electron chi connectivity index (χ4n) is 4.78. The van der Waals surface area contributed by atoms with E-state index in [0.717, 1.165) is 12.0 Å². The van der Waals surface area contributed by atoms with Gasteiger partial charge in [-0.25, -0.2) is 0 Å². The number of ether oxygens (including phenoxy) is 2. The van der Waals surface area contributed by atoms with Crippen LogP contribution in [0.3, 0.4) is 0 Å². The molecule has 240 valence electrons. The summed E-state index contributed by atoms with van der Waals surface area (Å²) < 4.78 is 10.8. The van der Waals surface area contributed by atoms with E-state index >= 15 is 0 Å². The standard InChI is InChI=1S/C34H47N3O7/c1-22(2)32(41)43-20-26-18-25(14-15-29(26)44-33(42)23(3)4)28(38)19-36-34(5,6)21-35-31(40)27-13-10-16-37(27)30(39)17-24-11-8-7-9-12-24/h7-9,11-12,14-15,20,22-23,27-28,36,38H,10,13,16-19,21H2,1-6H3,(H,35,40)/b26-20-. The van der Waals surface area contributed by atoms with E-state index in [1.165, 1.54) is 6.26 Å². The Morgan fingerprint density at radius 3 is 2.39 bits per heavy atom. The van der Waals surface area contributed by atoms with Crippen molar-refractivity contribution in [1.82, 2.24) is 15.5 Å². The van der Waals surface area contributed by atoms with Crippen molar-refractivity contribution in [2.45, 2.75) is 84.9 Å². The summed E-state index contributed by atoms with van der Waals surface area (Å²) >= 11 is 0. The molecule has 10 nitrogen and oxygen atoms in total. The van der Waals surface area contributed by atoms with Crippen LogP contribution in [-0.2, 0) is 35.1 Å². The molecule has 10 heteroatoms. The van der Waals surface area contributed by atoms with Gasteiger partial charge in [-0.2, -0.15) is 0 Å². The quantitative estimate of drug-likeness (QED) is 0.228. The van der Waals surface area contributed by atoms with Gasteiger partial charge >= 0.3 is 11.9 Å². The lowest BCUT2D eigenvalue weighted by molar-refractivity contribution is -0.142. The maximum absolute atomic E-state index is 13.1. The number of benzene rings is 1. The maximum atomic E-state index is 13.1. The van der Waals surface area contributed by atoms with Crippen molar-refractivity contribution in [1.29, 1.82) is 0 Å². The minimum absolute atomic E-state index is 0.0568. The number of esters is 2. The van der Waals surface area contributed by atoms with Gasteiger partial charge in [0.2, 0.25) is 11.8 Å². The monoisotopic (exact) mass is 609 g/mol. The second-order valence-corrected chi connectivity index (χ2v) is 12.7. The Balaban J connectivity index is 1.56. The van der Waals surface area contributed by atoms with E-state index in [4.69, 9.17) is 9.47 Å². The number of β-amino-alcohol motifs (C(OH)–C–C–N with tert-alkyl or cyclic N) is 1. The van der Waals surface area contributed by atoms with E-state index < -0.39 is 29.6 Å². The Kier molecular flexibility index (Phi) is 12.5. The molecule has 1 aromatic carbocycles. The Morgan fingerprint density at radius 1 is 1.05 bits per heavy atom. The first-order valence-electron chi connectivity index (χ1n) is 15.3. The van der Waals surface area contributed by atoms with Crippen LogP contribution >= 0.6 is 0 Å². The molecule has 2 atom stereocenters. The number of carbonyl (C=O) groups excluding carboxylic acids is 4. The minimum atomic E-state index is -0.895. The van der Waals surface area contributed by atoms with Crippen molar-refractivity contribution in [2.75, 3.05) is 19.6 Å². The Morgan fingerprint density at radius 2 is 1.73 bits per heavy atom. The van der Waals surface area contributed by atoms with Crippen molar-refractivity contribution in [3.8, 4) is 0 Å². The molecule has 3 N–H and O–H groups in total. The zero-order valence-corrected chi connectivity index (χ0v) is 26.7.